The van der Waals surface area contributed by atoms with Crippen molar-refractivity contribution in [2.75, 3.05) is 13.6 Å². The molecule has 0 bridgehead atoms. The zero-order chi connectivity index (χ0) is 12.2. The summed E-state index contributed by atoms with van der Waals surface area (Å²) in [5, 5.41) is 18.2. The monoisotopic (exact) mass is 245 g/mol. The molecule has 0 saturated carbocycles. The normalized spacial score (nSPS) is 15.1. The van der Waals surface area contributed by atoms with Gasteiger partial charge in [-0.25, -0.2) is 0 Å². The number of nitrogens with zero attached hydrogens (tertiary/aromatic N) is 2. The summed E-state index contributed by atoms with van der Waals surface area (Å²) < 4.78 is 1.79. The number of hydrogen-bond donors (Lipinski definition) is 2. The van der Waals surface area contributed by atoms with Crippen molar-refractivity contribution in [3.05, 3.63) is 16.9 Å². The summed E-state index contributed by atoms with van der Waals surface area (Å²) in [5.41, 5.74) is -0.225. The highest BCUT2D eigenvalue weighted by atomic mass is 35.5. The van der Waals surface area contributed by atoms with Gasteiger partial charge in [0.15, 0.2) is 0 Å². The summed E-state index contributed by atoms with van der Waals surface area (Å²) in [7, 11) is 1.86. The van der Waals surface area contributed by atoms with Gasteiger partial charge in [-0.3, -0.25) is 4.68 Å². The molecule has 1 unspecified atom stereocenters. The van der Waals surface area contributed by atoms with Crippen LogP contribution in [0.4, 0.5) is 0 Å². The topological polar surface area (TPSA) is 50.1 Å². The first kappa shape index (κ1) is 13.5. The lowest BCUT2D eigenvalue weighted by molar-refractivity contribution is 0.0391. The van der Waals surface area contributed by atoms with Gasteiger partial charge in [-0.05, 0) is 33.4 Å². The number of aliphatic hydroxyl groups is 1. The first-order chi connectivity index (χ1) is 7.53. The van der Waals surface area contributed by atoms with E-state index < -0.39 is 5.60 Å². The molecule has 0 fully saturated rings. The highest BCUT2D eigenvalue weighted by molar-refractivity contribution is 6.31. The van der Waals surface area contributed by atoms with E-state index >= 15 is 0 Å². The van der Waals surface area contributed by atoms with E-state index in [1.807, 2.05) is 7.05 Å². The number of rotatable bonds is 6. The van der Waals surface area contributed by atoms with Crippen LogP contribution in [-0.4, -0.2) is 28.5 Å². The van der Waals surface area contributed by atoms with Gasteiger partial charge < -0.3 is 10.4 Å². The molecule has 0 aromatic carbocycles. The maximum Gasteiger partial charge on any atom is 0.106 e. The Bertz CT molecular complexity index is 336. The Morgan fingerprint density at radius 1 is 1.62 bits per heavy atom. The van der Waals surface area contributed by atoms with Gasteiger partial charge in [-0.15, -0.1) is 0 Å². The summed E-state index contributed by atoms with van der Waals surface area (Å²) in [4.78, 5) is 0. The third-order valence-electron chi connectivity index (χ3n) is 2.60. The van der Waals surface area contributed by atoms with E-state index in [1.165, 1.54) is 0 Å². The molecule has 0 aliphatic carbocycles. The van der Waals surface area contributed by atoms with Crippen molar-refractivity contribution in [1.29, 1.82) is 0 Å². The second-order valence-corrected chi connectivity index (χ2v) is 4.60. The van der Waals surface area contributed by atoms with Gasteiger partial charge in [-0.2, -0.15) is 5.10 Å². The molecule has 16 heavy (non-hydrogen) atoms. The molecule has 2 N–H and O–H groups in total. The molecule has 1 heterocycles. The van der Waals surface area contributed by atoms with Crippen LogP contribution < -0.4 is 5.32 Å². The highest BCUT2D eigenvalue weighted by Gasteiger charge is 2.29. The van der Waals surface area contributed by atoms with Crippen molar-refractivity contribution in [2.24, 2.45) is 0 Å². The smallest absolute Gasteiger partial charge is 0.106 e. The second kappa shape index (κ2) is 5.66. The maximum absolute atomic E-state index is 10.4. The minimum Gasteiger partial charge on any atom is -0.384 e. The fourth-order valence-corrected chi connectivity index (χ4v) is 2.11. The van der Waals surface area contributed by atoms with E-state index in [2.05, 4.69) is 17.3 Å². The third kappa shape index (κ3) is 2.97. The number of halogens is 1. The molecular weight excluding hydrogens is 226 g/mol. The van der Waals surface area contributed by atoms with Gasteiger partial charge >= 0.3 is 0 Å². The molecule has 92 valence electrons. The SMILES string of the molecule is CCCn1ncc(Cl)c1C(C)(O)CCNC. The Labute approximate surface area is 102 Å². The molecule has 0 saturated heterocycles. The largest absolute Gasteiger partial charge is 0.384 e. The molecule has 5 heteroatoms. The minimum absolute atomic E-state index is 0.537. The zero-order valence-electron chi connectivity index (χ0n) is 10.1. The number of aryl methyl sites for hydroxylation is 1. The van der Waals surface area contributed by atoms with Crippen LogP contribution in [0.2, 0.25) is 5.02 Å². The summed E-state index contributed by atoms with van der Waals surface area (Å²) >= 11 is 6.08. The maximum atomic E-state index is 10.4. The quantitative estimate of drug-likeness (QED) is 0.803. The Kier molecular flexibility index (Phi) is 4.77. The fraction of sp³-hybridized carbons (Fsp3) is 0.727. The van der Waals surface area contributed by atoms with Gasteiger partial charge in [0.1, 0.15) is 5.60 Å². The minimum atomic E-state index is -0.939. The van der Waals surface area contributed by atoms with Gasteiger partial charge in [-0.1, -0.05) is 18.5 Å². The van der Waals surface area contributed by atoms with Crippen LogP contribution in [0.15, 0.2) is 6.20 Å². The Balaban J connectivity index is 2.95. The van der Waals surface area contributed by atoms with Crippen molar-refractivity contribution in [1.82, 2.24) is 15.1 Å². The molecule has 1 aromatic rings. The van der Waals surface area contributed by atoms with E-state index in [4.69, 9.17) is 11.6 Å². The van der Waals surface area contributed by atoms with Crippen LogP contribution in [0.5, 0.6) is 0 Å². The van der Waals surface area contributed by atoms with Gasteiger partial charge in [0.05, 0.1) is 16.9 Å². The molecule has 0 radical (unpaired) electrons. The van der Waals surface area contributed by atoms with Crippen LogP contribution in [0.1, 0.15) is 32.4 Å². The van der Waals surface area contributed by atoms with Crippen LogP contribution in [0.25, 0.3) is 0 Å². The summed E-state index contributed by atoms with van der Waals surface area (Å²) in [6.45, 7) is 5.36. The predicted molar refractivity (Wildman–Crippen MR) is 65.6 cm³/mol. The van der Waals surface area contributed by atoms with Crippen molar-refractivity contribution < 1.29 is 5.11 Å². The van der Waals surface area contributed by atoms with Crippen molar-refractivity contribution >= 4 is 11.6 Å². The van der Waals surface area contributed by atoms with Crippen LogP contribution in [0.3, 0.4) is 0 Å². The fourth-order valence-electron chi connectivity index (χ4n) is 1.77. The van der Waals surface area contributed by atoms with E-state index in [0.29, 0.717) is 17.1 Å². The molecule has 0 spiro atoms. The van der Waals surface area contributed by atoms with Gasteiger partial charge in [0.2, 0.25) is 0 Å². The first-order valence-corrected chi connectivity index (χ1v) is 5.99. The Morgan fingerprint density at radius 2 is 2.31 bits per heavy atom. The van der Waals surface area contributed by atoms with Gasteiger partial charge in [0.25, 0.3) is 0 Å². The lowest BCUT2D eigenvalue weighted by Gasteiger charge is -2.24. The number of aromatic nitrogens is 2. The highest BCUT2D eigenvalue weighted by Crippen LogP contribution is 2.30. The summed E-state index contributed by atoms with van der Waals surface area (Å²) in [6.07, 6.45) is 3.17. The van der Waals surface area contributed by atoms with Crippen molar-refractivity contribution in [3.8, 4) is 0 Å². The van der Waals surface area contributed by atoms with Crippen LogP contribution in [-0.2, 0) is 12.1 Å². The predicted octanol–water partition coefficient (Wildman–Crippen LogP) is 1.76. The second-order valence-electron chi connectivity index (χ2n) is 4.19. The average molecular weight is 246 g/mol. The molecule has 1 atom stereocenters. The van der Waals surface area contributed by atoms with Crippen LogP contribution in [0, 0.1) is 0 Å². The van der Waals surface area contributed by atoms with Crippen molar-refractivity contribution in [2.45, 2.75) is 38.8 Å². The zero-order valence-corrected chi connectivity index (χ0v) is 10.9. The van der Waals surface area contributed by atoms with E-state index in [9.17, 15) is 5.11 Å². The van der Waals surface area contributed by atoms with Crippen LogP contribution >= 0.6 is 11.6 Å². The molecule has 0 aliphatic heterocycles. The molecular formula is C11H20ClN3O. The number of hydrogen-bond acceptors (Lipinski definition) is 3. The van der Waals surface area contributed by atoms with E-state index in [-0.39, 0.29) is 0 Å². The first-order valence-electron chi connectivity index (χ1n) is 5.61. The molecule has 1 aromatic heterocycles. The Hall–Kier alpha value is -0.580. The Morgan fingerprint density at radius 3 is 2.88 bits per heavy atom. The summed E-state index contributed by atoms with van der Waals surface area (Å²) in [5.74, 6) is 0. The number of nitrogens with one attached hydrogen (secondary N) is 1. The van der Waals surface area contributed by atoms with Crippen molar-refractivity contribution in [3.63, 3.8) is 0 Å². The molecule has 0 amide bonds. The third-order valence-corrected chi connectivity index (χ3v) is 2.88. The van der Waals surface area contributed by atoms with E-state index in [0.717, 1.165) is 19.5 Å². The van der Waals surface area contributed by atoms with E-state index in [1.54, 1.807) is 17.8 Å². The van der Waals surface area contributed by atoms with Gasteiger partial charge in [0, 0.05) is 6.54 Å². The average Bonchev–Trinajstić information content (AvgIpc) is 2.58. The molecule has 4 nitrogen and oxygen atoms in total. The standard InChI is InChI=1S/C11H20ClN3O/c1-4-7-15-10(9(12)8-14-15)11(2,16)5-6-13-3/h8,13,16H,4-7H2,1-3H3. The summed E-state index contributed by atoms with van der Waals surface area (Å²) in [6, 6.07) is 0. The lowest BCUT2D eigenvalue weighted by atomic mass is 9.98. The molecule has 0 aliphatic rings. The lowest BCUT2D eigenvalue weighted by Crippen LogP contribution is -2.29. The molecule has 1 rings (SSSR count).